The number of aromatic nitrogens is 1. The van der Waals surface area contributed by atoms with Gasteiger partial charge in [-0.15, -0.1) is 0 Å². The number of phosphoric acid groups is 1. The average Bonchev–Trinajstić information content (AvgIpc) is 3.23. The lowest BCUT2D eigenvalue weighted by Gasteiger charge is -2.23. The smallest absolute Gasteiger partial charge is 0.368 e. The van der Waals surface area contributed by atoms with Crippen molar-refractivity contribution in [1.82, 2.24) is 4.98 Å². The summed E-state index contributed by atoms with van der Waals surface area (Å²) in [6.45, 7) is 2.27. The highest BCUT2D eigenvalue weighted by Gasteiger charge is 2.33. The van der Waals surface area contributed by atoms with Crippen molar-refractivity contribution in [3.05, 3.63) is 52.6 Å². The van der Waals surface area contributed by atoms with Gasteiger partial charge in [-0.3, -0.25) is 9.32 Å². The maximum Gasteiger partial charge on any atom is 0.469 e. The minimum Gasteiger partial charge on any atom is -0.368 e. The zero-order valence-electron chi connectivity index (χ0n) is 17.7. The molecule has 4 N–H and O–H groups in total. The van der Waals surface area contributed by atoms with Gasteiger partial charge in [0.2, 0.25) is 5.91 Å². The van der Waals surface area contributed by atoms with Crippen molar-refractivity contribution in [2.75, 3.05) is 18.0 Å². The highest BCUT2D eigenvalue weighted by molar-refractivity contribution is 8.00. The number of pyridine rings is 1. The molecule has 1 aromatic carbocycles. The van der Waals surface area contributed by atoms with Gasteiger partial charge in [-0.1, -0.05) is 49.0 Å². The molecule has 2 heterocycles. The number of thioether (sulfide) groups is 1. The van der Waals surface area contributed by atoms with Crippen LogP contribution >= 0.6 is 19.6 Å². The molecule has 0 radical (unpaired) electrons. The predicted octanol–water partition coefficient (Wildman–Crippen LogP) is 2.39. The normalized spacial score (nSPS) is 16.8. The standard InChI is InChI=1S/C21H22N5O5PS/c1-2-15-16(10-22)20(26-9-8-14(12-26)31-32(28,29)30)25-21(17(15)11-23)33-18(19(24)27)13-6-4-3-5-7-13/h3-7,14,18H,2,8-9,12H2,1H3,(H2,24,27)(H2,28,29,30). The predicted molar refractivity (Wildman–Crippen MR) is 121 cm³/mol. The lowest BCUT2D eigenvalue weighted by Crippen LogP contribution is -2.25. The summed E-state index contributed by atoms with van der Waals surface area (Å²) in [5.74, 6) is -0.318. The van der Waals surface area contributed by atoms with Crippen molar-refractivity contribution in [1.29, 1.82) is 10.5 Å². The Kier molecular flexibility index (Phi) is 7.75. The van der Waals surface area contributed by atoms with E-state index in [1.165, 1.54) is 0 Å². The Morgan fingerprint density at radius 3 is 2.55 bits per heavy atom. The first kappa shape index (κ1) is 24.7. The molecule has 1 fully saturated rings. The Morgan fingerprint density at radius 1 is 1.33 bits per heavy atom. The van der Waals surface area contributed by atoms with E-state index in [0.29, 0.717) is 30.5 Å². The van der Waals surface area contributed by atoms with E-state index in [1.807, 2.05) is 13.0 Å². The van der Waals surface area contributed by atoms with Crippen LogP contribution in [0.4, 0.5) is 5.82 Å². The second-order valence-corrected chi connectivity index (χ2v) is 9.60. The van der Waals surface area contributed by atoms with Crippen LogP contribution in [-0.2, 0) is 20.3 Å². The lowest BCUT2D eigenvalue weighted by atomic mass is 10.0. The number of amides is 1. The molecule has 1 amide bonds. The van der Waals surface area contributed by atoms with Gasteiger partial charge in [0.05, 0.1) is 17.2 Å². The summed E-state index contributed by atoms with van der Waals surface area (Å²) in [4.78, 5) is 36.7. The number of anilines is 1. The van der Waals surface area contributed by atoms with Gasteiger partial charge in [0, 0.05) is 13.1 Å². The molecule has 0 bridgehead atoms. The van der Waals surface area contributed by atoms with E-state index in [4.69, 9.17) is 20.0 Å². The molecule has 3 rings (SSSR count). The van der Waals surface area contributed by atoms with Gasteiger partial charge in [0.1, 0.15) is 28.2 Å². The molecule has 0 saturated carbocycles. The highest BCUT2D eigenvalue weighted by atomic mass is 32.2. The van der Waals surface area contributed by atoms with Crippen LogP contribution in [-0.4, -0.2) is 39.9 Å². The van der Waals surface area contributed by atoms with Crippen LogP contribution in [0, 0.1) is 22.7 Å². The fraction of sp³-hybridized carbons (Fsp3) is 0.333. The number of nitrogens with two attached hydrogens (primary N) is 1. The summed E-state index contributed by atoms with van der Waals surface area (Å²) < 4.78 is 16.0. The second-order valence-electron chi connectivity index (χ2n) is 7.31. The Labute approximate surface area is 195 Å². The molecule has 1 aliphatic heterocycles. The zero-order chi connectivity index (χ0) is 24.2. The summed E-state index contributed by atoms with van der Waals surface area (Å²) in [5.41, 5.74) is 7.21. The molecule has 172 valence electrons. The van der Waals surface area contributed by atoms with Gasteiger partial charge < -0.3 is 20.4 Å². The maximum atomic E-state index is 12.2. The number of hydrogen-bond donors (Lipinski definition) is 3. The van der Waals surface area contributed by atoms with Gasteiger partial charge in [0.15, 0.2) is 0 Å². The van der Waals surface area contributed by atoms with E-state index in [-0.39, 0.29) is 28.5 Å². The first-order valence-electron chi connectivity index (χ1n) is 10.0. The number of hydrogen-bond acceptors (Lipinski definition) is 8. The van der Waals surface area contributed by atoms with Crippen molar-refractivity contribution in [2.45, 2.75) is 36.1 Å². The van der Waals surface area contributed by atoms with Crippen molar-refractivity contribution >= 4 is 31.3 Å². The molecule has 1 aromatic heterocycles. The highest BCUT2D eigenvalue weighted by Crippen LogP contribution is 2.42. The Hall–Kier alpha value is -2.92. The number of nitrogens with zero attached hydrogens (tertiary/aromatic N) is 4. The minimum absolute atomic E-state index is 0.115. The van der Waals surface area contributed by atoms with Crippen LogP contribution in [0.3, 0.4) is 0 Å². The van der Waals surface area contributed by atoms with Crippen molar-refractivity contribution in [2.24, 2.45) is 5.73 Å². The van der Waals surface area contributed by atoms with Crippen molar-refractivity contribution < 1.29 is 23.7 Å². The van der Waals surface area contributed by atoms with Crippen LogP contribution < -0.4 is 10.6 Å². The molecule has 1 aliphatic rings. The molecule has 2 atom stereocenters. The molecule has 1 saturated heterocycles. The quantitative estimate of drug-likeness (QED) is 0.370. The van der Waals surface area contributed by atoms with Crippen molar-refractivity contribution in [3.63, 3.8) is 0 Å². The molecule has 2 unspecified atom stereocenters. The maximum absolute atomic E-state index is 12.2. The molecule has 33 heavy (non-hydrogen) atoms. The number of carbonyl (C=O) groups excluding carboxylic acids is 1. The van der Waals surface area contributed by atoms with Gasteiger partial charge in [-0.25, -0.2) is 9.55 Å². The third-order valence-corrected chi connectivity index (χ3v) is 6.98. The third kappa shape index (κ3) is 5.72. The molecule has 12 heteroatoms. The van der Waals surface area contributed by atoms with Gasteiger partial charge in [-0.05, 0) is 24.0 Å². The average molecular weight is 487 g/mol. The molecular weight excluding hydrogens is 465 g/mol. The van der Waals surface area contributed by atoms with Crippen LogP contribution in [0.15, 0.2) is 35.4 Å². The third-order valence-electron chi connectivity index (χ3n) is 5.15. The largest absolute Gasteiger partial charge is 0.469 e. The molecular formula is C21H22N5O5PS. The SMILES string of the molecule is CCc1c(C#N)c(SC(C(N)=O)c2ccccc2)nc(N2CCC(OP(=O)(O)O)C2)c1C#N. The van der Waals surface area contributed by atoms with Crippen molar-refractivity contribution in [3.8, 4) is 12.1 Å². The Balaban J connectivity index is 2.06. The van der Waals surface area contributed by atoms with Crippen LogP contribution in [0.1, 0.15) is 40.8 Å². The van der Waals surface area contributed by atoms with Crippen LogP contribution in [0.2, 0.25) is 0 Å². The van der Waals surface area contributed by atoms with E-state index in [2.05, 4.69) is 17.1 Å². The van der Waals surface area contributed by atoms with Crippen LogP contribution in [0.5, 0.6) is 0 Å². The molecule has 10 nitrogen and oxygen atoms in total. The summed E-state index contributed by atoms with van der Waals surface area (Å²) in [5, 5.41) is 19.1. The van der Waals surface area contributed by atoms with Gasteiger partial charge >= 0.3 is 7.82 Å². The van der Waals surface area contributed by atoms with E-state index >= 15 is 0 Å². The number of benzene rings is 1. The summed E-state index contributed by atoms with van der Waals surface area (Å²) in [6, 6.07) is 13.1. The Morgan fingerprint density at radius 2 is 2.00 bits per heavy atom. The van der Waals surface area contributed by atoms with Gasteiger partial charge in [-0.2, -0.15) is 10.5 Å². The fourth-order valence-electron chi connectivity index (χ4n) is 3.73. The van der Waals surface area contributed by atoms with Crippen LogP contribution in [0.25, 0.3) is 0 Å². The van der Waals surface area contributed by atoms with E-state index in [0.717, 1.165) is 11.8 Å². The topological polar surface area (TPSA) is 174 Å². The number of carbonyl (C=O) groups is 1. The molecule has 2 aromatic rings. The number of nitriles is 2. The first-order chi connectivity index (χ1) is 15.7. The minimum atomic E-state index is -4.66. The second kappa shape index (κ2) is 10.3. The zero-order valence-corrected chi connectivity index (χ0v) is 19.4. The monoisotopic (exact) mass is 487 g/mol. The Bertz CT molecular complexity index is 1170. The summed E-state index contributed by atoms with van der Waals surface area (Å²) >= 11 is 1.03. The number of phosphoric ester groups is 1. The van der Waals surface area contributed by atoms with Gasteiger partial charge in [0.25, 0.3) is 0 Å². The van der Waals surface area contributed by atoms with E-state index < -0.39 is 25.1 Å². The van der Waals surface area contributed by atoms with E-state index in [9.17, 15) is 19.9 Å². The number of primary amides is 1. The fourth-order valence-corrected chi connectivity index (χ4v) is 5.35. The first-order valence-corrected chi connectivity index (χ1v) is 12.5. The summed E-state index contributed by atoms with van der Waals surface area (Å²) in [6.07, 6.45) is -0.0357. The lowest BCUT2D eigenvalue weighted by molar-refractivity contribution is -0.117. The molecule has 0 aliphatic carbocycles. The number of rotatable bonds is 8. The summed E-state index contributed by atoms with van der Waals surface area (Å²) in [7, 11) is -4.66. The molecule has 0 spiro atoms. The van der Waals surface area contributed by atoms with E-state index in [1.54, 1.807) is 29.2 Å².